The summed E-state index contributed by atoms with van der Waals surface area (Å²) >= 11 is 3.46. The van der Waals surface area contributed by atoms with E-state index < -0.39 is 0 Å². The number of hydrogen-bond acceptors (Lipinski definition) is 3. The molecule has 0 spiro atoms. The monoisotopic (exact) mass is 321 g/mol. The van der Waals surface area contributed by atoms with Crippen LogP contribution in [0.1, 0.15) is 21.7 Å². The van der Waals surface area contributed by atoms with Crippen molar-refractivity contribution >= 4 is 33.4 Å². The van der Waals surface area contributed by atoms with Gasteiger partial charge in [-0.05, 0) is 15.9 Å². The van der Waals surface area contributed by atoms with Gasteiger partial charge in [-0.15, -0.1) is 0 Å². The SMILES string of the molecule is Cn1cc(C2=CCNC(=O)c3[nH]cc(Br)c32)nc1N. The molecule has 7 heteroatoms. The zero-order valence-corrected chi connectivity index (χ0v) is 11.8. The van der Waals surface area contributed by atoms with Gasteiger partial charge in [0.05, 0.1) is 5.69 Å². The Morgan fingerprint density at radius 2 is 2.32 bits per heavy atom. The van der Waals surface area contributed by atoms with Crippen LogP contribution in [-0.2, 0) is 7.05 Å². The molecule has 4 N–H and O–H groups in total. The first-order chi connectivity index (χ1) is 9.08. The second-order valence-electron chi connectivity index (χ2n) is 4.31. The van der Waals surface area contributed by atoms with E-state index in [1.165, 1.54) is 0 Å². The van der Waals surface area contributed by atoms with Crippen LogP contribution in [0, 0.1) is 0 Å². The number of carbonyl (C=O) groups is 1. The maximum atomic E-state index is 11.9. The lowest BCUT2D eigenvalue weighted by Gasteiger charge is -2.03. The Labute approximate surface area is 117 Å². The van der Waals surface area contributed by atoms with Gasteiger partial charge in [-0.2, -0.15) is 0 Å². The lowest BCUT2D eigenvalue weighted by molar-refractivity contribution is 0.0954. The third-order valence-electron chi connectivity index (χ3n) is 3.09. The highest BCUT2D eigenvalue weighted by atomic mass is 79.9. The Balaban J connectivity index is 2.20. The molecule has 1 aliphatic heterocycles. The van der Waals surface area contributed by atoms with Gasteiger partial charge in [0.15, 0.2) is 5.95 Å². The number of aryl methyl sites for hydroxylation is 1. The van der Waals surface area contributed by atoms with E-state index in [1.807, 2.05) is 19.3 Å². The van der Waals surface area contributed by atoms with E-state index in [9.17, 15) is 4.79 Å². The average molecular weight is 322 g/mol. The highest BCUT2D eigenvalue weighted by molar-refractivity contribution is 9.10. The Bertz CT molecular complexity index is 678. The van der Waals surface area contributed by atoms with Gasteiger partial charge in [-0.25, -0.2) is 4.98 Å². The van der Waals surface area contributed by atoms with E-state index in [1.54, 1.807) is 10.8 Å². The molecule has 19 heavy (non-hydrogen) atoms. The molecule has 1 amide bonds. The van der Waals surface area contributed by atoms with Crippen LogP contribution in [0.25, 0.3) is 5.57 Å². The van der Waals surface area contributed by atoms with Gasteiger partial charge in [0.1, 0.15) is 5.69 Å². The van der Waals surface area contributed by atoms with Crippen molar-refractivity contribution in [1.29, 1.82) is 0 Å². The molecule has 98 valence electrons. The first-order valence-corrected chi connectivity index (χ1v) is 6.52. The molecule has 6 nitrogen and oxygen atoms in total. The minimum absolute atomic E-state index is 0.129. The number of hydrogen-bond donors (Lipinski definition) is 3. The number of nitrogens with two attached hydrogens (primary N) is 1. The zero-order chi connectivity index (χ0) is 13.6. The molecule has 0 aliphatic carbocycles. The number of H-pyrrole nitrogens is 1. The fraction of sp³-hybridized carbons (Fsp3) is 0.167. The Kier molecular flexibility index (Phi) is 2.70. The maximum Gasteiger partial charge on any atom is 0.268 e. The van der Waals surface area contributed by atoms with Crippen LogP contribution in [0.5, 0.6) is 0 Å². The van der Waals surface area contributed by atoms with Crippen molar-refractivity contribution in [2.45, 2.75) is 0 Å². The third-order valence-corrected chi connectivity index (χ3v) is 3.71. The number of anilines is 1. The summed E-state index contributed by atoms with van der Waals surface area (Å²) < 4.78 is 2.58. The smallest absolute Gasteiger partial charge is 0.268 e. The zero-order valence-electron chi connectivity index (χ0n) is 10.2. The van der Waals surface area contributed by atoms with E-state index in [0.717, 1.165) is 21.3 Å². The Morgan fingerprint density at radius 3 is 3.00 bits per heavy atom. The van der Waals surface area contributed by atoms with Crippen molar-refractivity contribution in [3.05, 3.63) is 39.9 Å². The fourth-order valence-corrected chi connectivity index (χ4v) is 2.65. The van der Waals surface area contributed by atoms with Gasteiger partial charge in [0.25, 0.3) is 5.91 Å². The van der Waals surface area contributed by atoms with Crippen molar-refractivity contribution in [2.75, 3.05) is 12.3 Å². The first kappa shape index (κ1) is 12.0. The number of nitrogen functional groups attached to an aromatic ring is 1. The van der Waals surface area contributed by atoms with E-state index >= 15 is 0 Å². The Morgan fingerprint density at radius 1 is 1.53 bits per heavy atom. The minimum atomic E-state index is -0.129. The summed E-state index contributed by atoms with van der Waals surface area (Å²) in [5.74, 6) is 0.309. The number of nitrogens with one attached hydrogen (secondary N) is 2. The molecule has 2 aromatic heterocycles. The van der Waals surface area contributed by atoms with Crippen LogP contribution < -0.4 is 11.1 Å². The number of nitrogens with zero attached hydrogens (tertiary/aromatic N) is 2. The number of amides is 1. The van der Waals surface area contributed by atoms with Gasteiger partial charge in [0, 0.05) is 41.6 Å². The molecule has 3 heterocycles. The third kappa shape index (κ3) is 1.86. The lowest BCUT2D eigenvalue weighted by Crippen LogP contribution is -2.22. The van der Waals surface area contributed by atoms with Crippen LogP contribution in [0.3, 0.4) is 0 Å². The normalized spacial score (nSPS) is 14.6. The second-order valence-corrected chi connectivity index (χ2v) is 5.16. The topological polar surface area (TPSA) is 88.7 Å². The number of carbonyl (C=O) groups excluding carboxylic acids is 1. The molecule has 0 fully saturated rings. The summed E-state index contributed by atoms with van der Waals surface area (Å²) in [5, 5.41) is 2.80. The summed E-state index contributed by atoms with van der Waals surface area (Å²) in [7, 11) is 1.83. The predicted molar refractivity (Wildman–Crippen MR) is 75.5 cm³/mol. The molecule has 3 rings (SSSR count). The van der Waals surface area contributed by atoms with Crippen LogP contribution >= 0.6 is 15.9 Å². The van der Waals surface area contributed by atoms with Crippen molar-refractivity contribution in [1.82, 2.24) is 19.9 Å². The standard InChI is InChI=1S/C12H12BrN5O/c1-18-5-8(17-12(18)14)6-2-3-15-11(19)10-9(6)7(13)4-16-10/h2,4-5,16H,3H2,1H3,(H2,14,17)(H,15,19). The molecule has 0 aromatic carbocycles. The fourth-order valence-electron chi connectivity index (χ4n) is 2.12. The Hall–Kier alpha value is -2.02. The number of rotatable bonds is 1. The molecule has 1 aliphatic rings. The summed E-state index contributed by atoms with van der Waals surface area (Å²) in [6.45, 7) is 0.458. The maximum absolute atomic E-state index is 11.9. The van der Waals surface area contributed by atoms with Gasteiger partial charge in [0.2, 0.25) is 0 Å². The van der Waals surface area contributed by atoms with Crippen LogP contribution in [0.2, 0.25) is 0 Å². The predicted octanol–water partition coefficient (Wildman–Crippen LogP) is 1.27. The molecule has 0 atom stereocenters. The van der Waals surface area contributed by atoms with E-state index in [2.05, 4.69) is 31.2 Å². The summed E-state index contributed by atoms with van der Waals surface area (Å²) in [5.41, 5.74) is 8.74. The highest BCUT2D eigenvalue weighted by Gasteiger charge is 2.24. The molecular weight excluding hydrogens is 310 g/mol. The molecule has 0 bridgehead atoms. The van der Waals surface area contributed by atoms with Crippen LogP contribution in [0.15, 0.2) is 22.9 Å². The average Bonchev–Trinajstić information content (AvgIpc) is 2.84. The lowest BCUT2D eigenvalue weighted by atomic mass is 10.0. The minimum Gasteiger partial charge on any atom is -0.369 e. The number of aromatic nitrogens is 3. The molecule has 0 unspecified atom stereocenters. The van der Waals surface area contributed by atoms with Crippen LogP contribution in [-0.4, -0.2) is 27.0 Å². The van der Waals surface area contributed by atoms with Crippen molar-refractivity contribution in [2.24, 2.45) is 7.05 Å². The van der Waals surface area contributed by atoms with Crippen molar-refractivity contribution in [3.63, 3.8) is 0 Å². The largest absolute Gasteiger partial charge is 0.369 e. The quantitative estimate of drug-likeness (QED) is 0.739. The van der Waals surface area contributed by atoms with E-state index in [-0.39, 0.29) is 5.91 Å². The van der Waals surface area contributed by atoms with Gasteiger partial charge < -0.3 is 20.6 Å². The summed E-state index contributed by atoms with van der Waals surface area (Å²) in [4.78, 5) is 19.2. The number of imidazole rings is 1. The van der Waals surface area contributed by atoms with Gasteiger partial charge >= 0.3 is 0 Å². The molecule has 0 saturated carbocycles. The second kappa shape index (κ2) is 4.27. The molecule has 0 saturated heterocycles. The van der Waals surface area contributed by atoms with E-state index in [0.29, 0.717) is 18.2 Å². The summed E-state index contributed by atoms with van der Waals surface area (Å²) in [6.07, 6.45) is 5.53. The van der Waals surface area contributed by atoms with Crippen molar-refractivity contribution < 1.29 is 4.79 Å². The van der Waals surface area contributed by atoms with Gasteiger partial charge in [-0.3, -0.25) is 4.79 Å². The van der Waals surface area contributed by atoms with Crippen molar-refractivity contribution in [3.8, 4) is 0 Å². The highest BCUT2D eigenvalue weighted by Crippen LogP contribution is 2.33. The molecule has 2 aromatic rings. The van der Waals surface area contributed by atoms with E-state index in [4.69, 9.17) is 5.73 Å². The number of aromatic amines is 1. The molecular formula is C12H12BrN5O. The van der Waals surface area contributed by atoms with Crippen LogP contribution in [0.4, 0.5) is 5.95 Å². The van der Waals surface area contributed by atoms with Gasteiger partial charge in [-0.1, -0.05) is 6.08 Å². The number of halogens is 1. The molecule has 0 radical (unpaired) electrons. The first-order valence-electron chi connectivity index (χ1n) is 5.72. The summed E-state index contributed by atoms with van der Waals surface area (Å²) in [6, 6.07) is 0. The number of fused-ring (bicyclic) bond motifs is 1.